The lowest BCUT2D eigenvalue weighted by Crippen LogP contribution is -2.33. The van der Waals surface area contributed by atoms with Gasteiger partial charge < -0.3 is 15.0 Å². The third kappa shape index (κ3) is 5.86. The highest BCUT2D eigenvalue weighted by atomic mass is 35.5. The second-order valence-electron chi connectivity index (χ2n) is 4.05. The van der Waals surface area contributed by atoms with Gasteiger partial charge in [-0.05, 0) is 20.9 Å². The van der Waals surface area contributed by atoms with E-state index >= 15 is 0 Å². The molecular formula is C12H22ClN3O2S. The lowest BCUT2D eigenvalue weighted by atomic mass is 10.4. The minimum absolute atomic E-state index is 0. The van der Waals surface area contributed by atoms with E-state index in [9.17, 15) is 4.79 Å². The zero-order valence-electron chi connectivity index (χ0n) is 11.8. The van der Waals surface area contributed by atoms with Gasteiger partial charge in [-0.2, -0.15) is 0 Å². The summed E-state index contributed by atoms with van der Waals surface area (Å²) in [7, 11) is 3.54. The highest BCUT2D eigenvalue weighted by molar-refractivity contribution is 7.09. The van der Waals surface area contributed by atoms with Crippen LogP contribution in [0.2, 0.25) is 0 Å². The summed E-state index contributed by atoms with van der Waals surface area (Å²) >= 11 is 1.57. The van der Waals surface area contributed by atoms with E-state index in [1.54, 1.807) is 30.3 Å². The Morgan fingerprint density at radius 2 is 2.32 bits per heavy atom. The SMILES string of the molecule is CCOC(C)c1nc(CN(C)C(=O)CNC)cs1.Cl. The van der Waals surface area contributed by atoms with Crippen molar-refractivity contribution in [2.24, 2.45) is 0 Å². The number of aromatic nitrogens is 1. The normalized spacial score (nSPS) is 11.8. The summed E-state index contributed by atoms with van der Waals surface area (Å²) in [6.45, 7) is 5.52. The van der Waals surface area contributed by atoms with E-state index < -0.39 is 0 Å². The molecule has 7 heteroatoms. The first-order valence-electron chi connectivity index (χ1n) is 6.03. The van der Waals surface area contributed by atoms with Gasteiger partial charge >= 0.3 is 0 Å². The third-order valence-corrected chi connectivity index (χ3v) is 3.54. The molecule has 1 amide bonds. The van der Waals surface area contributed by atoms with Crippen LogP contribution in [0.3, 0.4) is 0 Å². The number of ether oxygens (including phenoxy) is 1. The fraction of sp³-hybridized carbons (Fsp3) is 0.667. The number of carbonyl (C=O) groups excluding carboxylic acids is 1. The van der Waals surface area contributed by atoms with Crippen molar-refractivity contribution in [3.8, 4) is 0 Å². The fourth-order valence-electron chi connectivity index (χ4n) is 1.52. The molecule has 19 heavy (non-hydrogen) atoms. The zero-order valence-corrected chi connectivity index (χ0v) is 13.4. The molecule has 1 atom stereocenters. The van der Waals surface area contributed by atoms with E-state index in [4.69, 9.17) is 4.74 Å². The van der Waals surface area contributed by atoms with Crippen molar-refractivity contribution >= 4 is 29.7 Å². The minimum Gasteiger partial charge on any atom is -0.372 e. The van der Waals surface area contributed by atoms with Gasteiger partial charge in [0.25, 0.3) is 0 Å². The molecule has 0 fully saturated rings. The third-order valence-electron chi connectivity index (χ3n) is 2.49. The molecule has 0 aliphatic rings. The van der Waals surface area contributed by atoms with Crippen LogP contribution in [0.1, 0.15) is 30.7 Å². The van der Waals surface area contributed by atoms with Crippen LogP contribution in [0.15, 0.2) is 5.38 Å². The molecule has 110 valence electrons. The fourth-order valence-corrected chi connectivity index (χ4v) is 2.33. The Balaban J connectivity index is 0.00000324. The van der Waals surface area contributed by atoms with Crippen molar-refractivity contribution in [2.75, 3.05) is 27.2 Å². The molecule has 1 N–H and O–H groups in total. The Morgan fingerprint density at radius 1 is 1.63 bits per heavy atom. The number of nitrogens with one attached hydrogen (secondary N) is 1. The van der Waals surface area contributed by atoms with Gasteiger partial charge in [-0.1, -0.05) is 0 Å². The molecule has 0 aliphatic carbocycles. The molecule has 0 radical (unpaired) electrons. The summed E-state index contributed by atoms with van der Waals surface area (Å²) in [5.74, 6) is 0.0601. The van der Waals surface area contributed by atoms with Crippen molar-refractivity contribution < 1.29 is 9.53 Å². The highest BCUT2D eigenvalue weighted by Gasteiger charge is 2.13. The lowest BCUT2D eigenvalue weighted by Gasteiger charge is -2.15. The summed E-state index contributed by atoms with van der Waals surface area (Å²) in [6, 6.07) is 0. The van der Waals surface area contributed by atoms with Gasteiger partial charge in [-0.3, -0.25) is 4.79 Å². The van der Waals surface area contributed by atoms with E-state index in [0.717, 1.165) is 10.7 Å². The molecule has 1 aromatic rings. The van der Waals surface area contributed by atoms with Crippen LogP contribution in [-0.2, 0) is 16.1 Å². The van der Waals surface area contributed by atoms with Crippen LogP contribution in [0.25, 0.3) is 0 Å². The van der Waals surface area contributed by atoms with Crippen molar-refractivity contribution in [1.29, 1.82) is 0 Å². The minimum atomic E-state index is 0. The predicted molar refractivity (Wildman–Crippen MR) is 79.8 cm³/mol. The molecule has 1 aromatic heterocycles. The maximum Gasteiger partial charge on any atom is 0.236 e. The largest absolute Gasteiger partial charge is 0.372 e. The number of hydrogen-bond acceptors (Lipinski definition) is 5. The Bertz CT molecular complexity index is 387. The number of likely N-dealkylation sites (N-methyl/N-ethyl adjacent to an activating group) is 2. The van der Waals surface area contributed by atoms with E-state index in [1.807, 2.05) is 19.2 Å². The molecule has 1 rings (SSSR count). The molecular weight excluding hydrogens is 286 g/mol. The van der Waals surface area contributed by atoms with Gasteiger partial charge in [-0.25, -0.2) is 4.98 Å². The maximum absolute atomic E-state index is 11.6. The molecule has 0 aromatic carbocycles. The predicted octanol–water partition coefficient (Wildman–Crippen LogP) is 1.84. The number of thiazole rings is 1. The number of amides is 1. The second-order valence-corrected chi connectivity index (χ2v) is 4.94. The Hall–Kier alpha value is -0.690. The van der Waals surface area contributed by atoms with Crippen molar-refractivity contribution in [3.63, 3.8) is 0 Å². The Morgan fingerprint density at radius 3 is 2.89 bits per heavy atom. The van der Waals surface area contributed by atoms with Gasteiger partial charge in [0.05, 0.1) is 18.8 Å². The summed E-state index contributed by atoms with van der Waals surface area (Å²) < 4.78 is 5.49. The van der Waals surface area contributed by atoms with Gasteiger partial charge in [0.1, 0.15) is 11.1 Å². The van der Waals surface area contributed by atoms with Gasteiger partial charge in [-0.15, -0.1) is 23.7 Å². The average molecular weight is 308 g/mol. The van der Waals surface area contributed by atoms with Gasteiger partial charge in [0, 0.05) is 19.0 Å². The number of rotatable bonds is 7. The van der Waals surface area contributed by atoms with Crippen LogP contribution in [-0.4, -0.2) is 43.0 Å². The van der Waals surface area contributed by atoms with Crippen molar-refractivity contribution in [2.45, 2.75) is 26.5 Å². The molecule has 0 spiro atoms. The lowest BCUT2D eigenvalue weighted by molar-refractivity contribution is -0.129. The maximum atomic E-state index is 11.6. The highest BCUT2D eigenvalue weighted by Crippen LogP contribution is 2.21. The monoisotopic (exact) mass is 307 g/mol. The van der Waals surface area contributed by atoms with E-state index in [1.165, 1.54) is 0 Å². The number of carbonyl (C=O) groups is 1. The van der Waals surface area contributed by atoms with Crippen molar-refractivity contribution in [3.05, 3.63) is 16.1 Å². The molecule has 0 bridgehead atoms. The van der Waals surface area contributed by atoms with Crippen LogP contribution in [0.5, 0.6) is 0 Å². The van der Waals surface area contributed by atoms with E-state index in [2.05, 4.69) is 10.3 Å². The molecule has 1 heterocycles. The number of halogens is 1. The second kappa shape index (κ2) is 9.25. The first kappa shape index (κ1) is 18.3. The number of hydrogen-bond donors (Lipinski definition) is 1. The molecule has 1 unspecified atom stereocenters. The van der Waals surface area contributed by atoms with Crippen LogP contribution in [0.4, 0.5) is 0 Å². The zero-order chi connectivity index (χ0) is 13.5. The quantitative estimate of drug-likeness (QED) is 0.835. The molecule has 0 saturated carbocycles. The summed E-state index contributed by atoms with van der Waals surface area (Å²) in [5, 5.41) is 5.79. The van der Waals surface area contributed by atoms with E-state index in [-0.39, 0.29) is 24.4 Å². The molecule has 0 saturated heterocycles. The molecule has 5 nitrogen and oxygen atoms in total. The first-order valence-corrected chi connectivity index (χ1v) is 6.90. The van der Waals surface area contributed by atoms with Crippen LogP contribution < -0.4 is 5.32 Å². The molecule has 0 aliphatic heterocycles. The Kier molecular flexibility index (Phi) is 8.92. The average Bonchev–Trinajstić information content (AvgIpc) is 2.78. The van der Waals surface area contributed by atoms with Gasteiger partial charge in [0.15, 0.2) is 0 Å². The van der Waals surface area contributed by atoms with Crippen molar-refractivity contribution in [1.82, 2.24) is 15.2 Å². The van der Waals surface area contributed by atoms with E-state index in [0.29, 0.717) is 19.7 Å². The van der Waals surface area contributed by atoms with Crippen LogP contribution >= 0.6 is 23.7 Å². The number of nitrogens with zero attached hydrogens (tertiary/aromatic N) is 2. The summed E-state index contributed by atoms with van der Waals surface area (Å²) in [4.78, 5) is 17.8. The summed E-state index contributed by atoms with van der Waals surface area (Å²) in [6.07, 6.45) is 0.0204. The first-order chi connectivity index (χ1) is 8.58. The topological polar surface area (TPSA) is 54.5 Å². The van der Waals surface area contributed by atoms with Gasteiger partial charge in [0.2, 0.25) is 5.91 Å². The smallest absolute Gasteiger partial charge is 0.236 e. The summed E-state index contributed by atoms with van der Waals surface area (Å²) in [5.41, 5.74) is 0.911. The van der Waals surface area contributed by atoms with Crippen LogP contribution in [0, 0.1) is 0 Å². The Labute approximate surface area is 124 Å². The standard InChI is InChI=1S/C12H21N3O2S.ClH/c1-5-17-9(2)12-14-10(8-18-12)7-15(4)11(16)6-13-3;/h8-9,13H,5-7H2,1-4H3;1H.